The largest absolute Gasteiger partial charge is 0.340 e. The molecule has 1 aliphatic heterocycles. The van der Waals surface area contributed by atoms with Crippen LogP contribution in [0.2, 0.25) is 0 Å². The molecule has 3 aromatic carbocycles. The number of hydrogen-bond acceptors (Lipinski definition) is 6. The van der Waals surface area contributed by atoms with Gasteiger partial charge in [-0.25, -0.2) is 0 Å². The molecule has 0 unspecified atom stereocenters. The first-order valence-electron chi connectivity index (χ1n) is 11.0. The Bertz CT molecular complexity index is 1650. The van der Waals surface area contributed by atoms with Crippen molar-refractivity contribution in [3.8, 4) is 6.07 Å². The molecule has 2 heterocycles. The molecule has 0 radical (unpaired) electrons. The van der Waals surface area contributed by atoms with Crippen LogP contribution in [0.3, 0.4) is 0 Å². The zero-order valence-electron chi connectivity index (χ0n) is 18.7. The molecule has 1 aromatic heterocycles. The van der Waals surface area contributed by atoms with E-state index in [9.17, 15) is 9.59 Å². The van der Waals surface area contributed by atoms with Gasteiger partial charge in [0, 0.05) is 28.1 Å². The van der Waals surface area contributed by atoms with Gasteiger partial charge in [-0.3, -0.25) is 9.59 Å². The monoisotopic (exact) mass is 496 g/mol. The number of carbonyl (C=O) groups is 1. The van der Waals surface area contributed by atoms with Crippen molar-refractivity contribution < 1.29 is 4.79 Å². The fourth-order valence-electron chi connectivity index (χ4n) is 3.88. The van der Waals surface area contributed by atoms with E-state index in [4.69, 9.17) is 5.26 Å². The highest BCUT2D eigenvalue weighted by Gasteiger charge is 2.22. The predicted molar refractivity (Wildman–Crippen MR) is 142 cm³/mol. The van der Waals surface area contributed by atoms with Gasteiger partial charge in [-0.15, -0.1) is 11.3 Å². The molecule has 35 heavy (non-hydrogen) atoms. The lowest BCUT2D eigenvalue weighted by Gasteiger charge is -2.32. The zero-order chi connectivity index (χ0) is 24.4. The number of rotatable bonds is 4. The Morgan fingerprint density at radius 2 is 1.86 bits per heavy atom. The van der Waals surface area contributed by atoms with Crippen molar-refractivity contribution in [1.29, 1.82) is 5.26 Å². The highest BCUT2D eigenvalue weighted by molar-refractivity contribution is 7.99. The van der Waals surface area contributed by atoms with Gasteiger partial charge in [0.25, 0.3) is 11.5 Å². The molecule has 0 aliphatic carbocycles. The van der Waals surface area contributed by atoms with Gasteiger partial charge in [-0.05, 0) is 61.0 Å². The summed E-state index contributed by atoms with van der Waals surface area (Å²) in [5.74, 6) is -0.319. The first-order valence-corrected chi connectivity index (χ1v) is 12.6. The standard InChI is InChI=1S/C27H20N4O2S2/c1-2-31-20-5-3-4-6-22(20)34-23-14-19(11-12-21(23)31)29-25(32)15-26-30-27(33)24(35-26)13-17-7-9-18(16-28)10-8-17/h3-15H,2H2,1H3,(H,29,32)(H,30,33). The molecule has 0 atom stereocenters. The molecule has 6 nitrogen and oxygen atoms in total. The van der Waals surface area contributed by atoms with E-state index >= 15 is 0 Å². The Hall–Kier alpha value is -4.06. The third kappa shape index (κ3) is 4.78. The number of hydrogen-bond donors (Lipinski definition) is 2. The molecular formula is C27H20N4O2S2. The molecule has 2 N–H and O–H groups in total. The second kappa shape index (κ2) is 9.66. The van der Waals surface area contributed by atoms with Gasteiger partial charge in [0.1, 0.15) is 4.66 Å². The molecule has 0 saturated carbocycles. The normalized spacial score (nSPS) is 13.2. The van der Waals surface area contributed by atoms with Gasteiger partial charge in [0.2, 0.25) is 0 Å². The van der Waals surface area contributed by atoms with E-state index < -0.39 is 0 Å². The minimum atomic E-state index is -0.319. The first-order chi connectivity index (χ1) is 17.0. The summed E-state index contributed by atoms with van der Waals surface area (Å²) in [5, 5.41) is 11.8. The summed E-state index contributed by atoms with van der Waals surface area (Å²) in [7, 11) is 0. The molecule has 172 valence electrons. The number of thiazole rings is 1. The Kier molecular flexibility index (Phi) is 6.27. The number of fused-ring (bicyclic) bond motifs is 2. The van der Waals surface area contributed by atoms with E-state index in [1.54, 1.807) is 42.1 Å². The topological polar surface area (TPSA) is 89.0 Å². The maximum atomic E-state index is 12.7. The molecular weight excluding hydrogens is 476 g/mol. The van der Waals surface area contributed by atoms with Crippen molar-refractivity contribution in [1.82, 2.24) is 4.98 Å². The zero-order valence-corrected chi connectivity index (χ0v) is 20.4. The van der Waals surface area contributed by atoms with E-state index in [1.165, 1.54) is 28.0 Å². The van der Waals surface area contributed by atoms with Gasteiger partial charge in [0.15, 0.2) is 0 Å². The van der Waals surface area contributed by atoms with Crippen LogP contribution >= 0.6 is 23.1 Å². The second-order valence-corrected chi connectivity index (χ2v) is 9.96. The van der Waals surface area contributed by atoms with Crippen molar-refractivity contribution in [3.05, 3.63) is 97.4 Å². The van der Waals surface area contributed by atoms with Crippen LogP contribution in [-0.2, 0) is 4.79 Å². The van der Waals surface area contributed by atoms with Crippen LogP contribution in [0.15, 0.2) is 81.3 Å². The lowest BCUT2D eigenvalue weighted by molar-refractivity contribution is -0.110. The van der Waals surface area contributed by atoms with E-state index in [0.717, 1.165) is 22.7 Å². The smallest absolute Gasteiger partial charge is 0.266 e. The Morgan fingerprint density at radius 1 is 1.09 bits per heavy atom. The van der Waals surface area contributed by atoms with Crippen LogP contribution in [0.1, 0.15) is 18.1 Å². The number of benzene rings is 3. The second-order valence-electron chi connectivity index (χ2n) is 7.79. The van der Waals surface area contributed by atoms with Gasteiger partial charge < -0.3 is 15.2 Å². The number of nitrogens with zero attached hydrogens (tertiary/aromatic N) is 2. The van der Waals surface area contributed by atoms with Crippen LogP contribution in [0.25, 0.3) is 12.2 Å². The first kappa shape index (κ1) is 22.7. The average molecular weight is 497 g/mol. The third-order valence-corrected chi connectivity index (χ3v) is 7.57. The molecule has 0 bridgehead atoms. The van der Waals surface area contributed by atoms with Gasteiger partial charge in [0.05, 0.1) is 27.5 Å². The van der Waals surface area contributed by atoms with Crippen LogP contribution in [-0.4, -0.2) is 17.4 Å². The fourth-order valence-corrected chi connectivity index (χ4v) is 5.90. The number of amides is 1. The number of aromatic amines is 1. The van der Waals surface area contributed by atoms with E-state index in [2.05, 4.69) is 40.3 Å². The summed E-state index contributed by atoms with van der Waals surface area (Å²) in [6, 6.07) is 23.2. The SMILES string of the molecule is CCN1c2ccccc2Sc2cc(NC(=O)C=c3[nH]c(=O)c(=Cc4ccc(C#N)cc4)s3)ccc21. The summed E-state index contributed by atoms with van der Waals surface area (Å²) in [6.45, 7) is 2.97. The van der Waals surface area contributed by atoms with E-state index in [1.807, 2.05) is 30.3 Å². The Balaban J connectivity index is 1.37. The molecule has 8 heteroatoms. The molecule has 1 aliphatic rings. The number of aromatic nitrogens is 1. The molecule has 4 aromatic rings. The van der Waals surface area contributed by atoms with Crippen LogP contribution in [0, 0.1) is 11.3 Å². The molecule has 0 fully saturated rings. The van der Waals surface area contributed by atoms with Crippen LogP contribution in [0.4, 0.5) is 17.1 Å². The van der Waals surface area contributed by atoms with Gasteiger partial charge in [-0.2, -0.15) is 5.26 Å². The van der Waals surface area contributed by atoms with Crippen molar-refractivity contribution in [3.63, 3.8) is 0 Å². The third-order valence-electron chi connectivity index (χ3n) is 5.49. The molecule has 1 amide bonds. The van der Waals surface area contributed by atoms with Crippen LogP contribution in [0.5, 0.6) is 0 Å². The minimum Gasteiger partial charge on any atom is -0.340 e. The average Bonchev–Trinajstić information content (AvgIpc) is 3.20. The molecule has 0 spiro atoms. The van der Waals surface area contributed by atoms with E-state index in [0.29, 0.717) is 20.4 Å². The van der Waals surface area contributed by atoms with Crippen molar-refractivity contribution >= 4 is 58.2 Å². The summed E-state index contributed by atoms with van der Waals surface area (Å²) in [4.78, 5) is 32.3. The minimum absolute atomic E-state index is 0.262. The highest BCUT2D eigenvalue weighted by atomic mass is 32.2. The highest BCUT2D eigenvalue weighted by Crippen LogP contribution is 2.48. The summed E-state index contributed by atoms with van der Waals surface area (Å²) in [5.41, 5.74) is 4.09. The van der Waals surface area contributed by atoms with Gasteiger partial charge in [-0.1, -0.05) is 36.0 Å². The predicted octanol–water partition coefficient (Wildman–Crippen LogP) is 4.18. The number of anilines is 3. The number of nitriles is 1. The molecule has 5 rings (SSSR count). The summed E-state index contributed by atoms with van der Waals surface area (Å²) < 4.78 is 0.947. The summed E-state index contributed by atoms with van der Waals surface area (Å²) >= 11 is 2.89. The number of nitrogens with one attached hydrogen (secondary N) is 2. The number of para-hydroxylation sites is 1. The van der Waals surface area contributed by atoms with Crippen molar-refractivity contribution in [2.24, 2.45) is 0 Å². The number of H-pyrrole nitrogens is 1. The lowest BCUT2D eigenvalue weighted by atomic mass is 10.1. The van der Waals surface area contributed by atoms with Gasteiger partial charge >= 0.3 is 0 Å². The summed E-state index contributed by atoms with van der Waals surface area (Å²) in [6.07, 6.45) is 3.13. The quantitative estimate of drug-likeness (QED) is 0.443. The lowest BCUT2D eigenvalue weighted by Crippen LogP contribution is -2.20. The number of carbonyl (C=O) groups excluding carboxylic acids is 1. The maximum Gasteiger partial charge on any atom is 0.266 e. The van der Waals surface area contributed by atoms with Crippen molar-refractivity contribution in [2.45, 2.75) is 16.7 Å². The molecule has 0 saturated heterocycles. The Labute approximate surface area is 209 Å². The fraction of sp³-hybridized carbons (Fsp3) is 0.0741. The Morgan fingerprint density at radius 3 is 2.63 bits per heavy atom. The van der Waals surface area contributed by atoms with Crippen LogP contribution < -0.4 is 25.0 Å². The van der Waals surface area contributed by atoms with E-state index in [-0.39, 0.29) is 11.5 Å². The maximum absolute atomic E-state index is 12.7. The van der Waals surface area contributed by atoms with Crippen molar-refractivity contribution in [2.75, 3.05) is 16.8 Å².